The number of H-pyrrole nitrogens is 1. The number of aromatic amines is 1. The quantitative estimate of drug-likeness (QED) is 0.768. The van der Waals surface area contributed by atoms with Crippen molar-refractivity contribution in [3.8, 4) is 0 Å². The molecule has 3 rings (SSSR count). The average Bonchev–Trinajstić information content (AvgIpc) is 2.84. The van der Waals surface area contributed by atoms with Gasteiger partial charge in [-0.1, -0.05) is 0 Å². The lowest BCUT2D eigenvalue weighted by atomic mass is 10.2. The van der Waals surface area contributed by atoms with Crippen molar-refractivity contribution in [1.29, 1.82) is 0 Å². The monoisotopic (exact) mass is 208 g/mol. The van der Waals surface area contributed by atoms with E-state index < -0.39 is 0 Å². The third-order valence-corrected chi connectivity index (χ3v) is 3.22. The van der Waals surface area contributed by atoms with Gasteiger partial charge in [-0.25, -0.2) is 4.98 Å². The van der Waals surface area contributed by atoms with Gasteiger partial charge in [0.05, 0.1) is 12.1 Å². The Kier molecular flexibility index (Phi) is 2.21. The standard InChI is InChI=1S/C10H16N4O/c1-15-7-4-8(11-5-7)10-12-9(13-14-10)6-2-3-6/h6-8,11H,2-5H2,1H3,(H,12,13,14)/t7-,8+/m0/s1. The molecule has 0 aromatic carbocycles. The van der Waals surface area contributed by atoms with Crippen molar-refractivity contribution < 1.29 is 4.74 Å². The predicted octanol–water partition coefficient (Wildman–Crippen LogP) is 0.732. The van der Waals surface area contributed by atoms with Crippen LogP contribution in [-0.4, -0.2) is 34.9 Å². The molecule has 0 amide bonds. The highest BCUT2D eigenvalue weighted by Gasteiger charge is 2.31. The van der Waals surface area contributed by atoms with Gasteiger partial charge >= 0.3 is 0 Å². The summed E-state index contributed by atoms with van der Waals surface area (Å²) in [5.74, 6) is 2.58. The van der Waals surface area contributed by atoms with Crippen LogP contribution in [0.2, 0.25) is 0 Å². The molecular formula is C10H16N4O. The molecule has 5 heteroatoms. The van der Waals surface area contributed by atoms with Gasteiger partial charge in [0.15, 0.2) is 5.82 Å². The molecule has 2 fully saturated rings. The van der Waals surface area contributed by atoms with E-state index in [0.717, 1.165) is 24.6 Å². The highest BCUT2D eigenvalue weighted by Crippen LogP contribution is 2.38. The highest BCUT2D eigenvalue weighted by molar-refractivity contribution is 5.08. The summed E-state index contributed by atoms with van der Waals surface area (Å²) in [6.45, 7) is 0.903. The first-order valence-corrected chi connectivity index (χ1v) is 5.55. The van der Waals surface area contributed by atoms with E-state index in [-0.39, 0.29) is 6.04 Å². The van der Waals surface area contributed by atoms with E-state index in [1.807, 2.05) is 0 Å². The van der Waals surface area contributed by atoms with Crippen LogP contribution in [0.5, 0.6) is 0 Å². The number of methoxy groups -OCH3 is 1. The fourth-order valence-corrected chi connectivity index (χ4v) is 2.06. The molecule has 0 unspecified atom stereocenters. The van der Waals surface area contributed by atoms with Gasteiger partial charge < -0.3 is 10.1 Å². The van der Waals surface area contributed by atoms with Gasteiger partial charge in [0.1, 0.15) is 5.82 Å². The van der Waals surface area contributed by atoms with Crippen molar-refractivity contribution in [3.05, 3.63) is 11.6 Å². The SMILES string of the molecule is CO[C@@H]1CN[C@@H](c2nc(C3CC3)n[nH]2)C1. The molecule has 2 heterocycles. The molecular weight excluding hydrogens is 192 g/mol. The Morgan fingerprint density at radius 1 is 1.40 bits per heavy atom. The molecule has 2 aliphatic rings. The second-order valence-corrected chi connectivity index (χ2v) is 4.41. The van der Waals surface area contributed by atoms with Gasteiger partial charge in [-0.2, -0.15) is 5.10 Å². The molecule has 0 bridgehead atoms. The molecule has 15 heavy (non-hydrogen) atoms. The first-order chi connectivity index (χ1) is 7.36. The van der Waals surface area contributed by atoms with E-state index >= 15 is 0 Å². The largest absolute Gasteiger partial charge is 0.380 e. The van der Waals surface area contributed by atoms with Crippen molar-refractivity contribution in [3.63, 3.8) is 0 Å². The molecule has 1 aromatic rings. The van der Waals surface area contributed by atoms with E-state index in [1.165, 1.54) is 12.8 Å². The van der Waals surface area contributed by atoms with Gasteiger partial charge in [0.2, 0.25) is 0 Å². The molecule has 0 radical (unpaired) electrons. The van der Waals surface area contributed by atoms with E-state index in [4.69, 9.17) is 4.74 Å². The zero-order valence-corrected chi connectivity index (χ0v) is 8.86. The smallest absolute Gasteiger partial charge is 0.153 e. The topological polar surface area (TPSA) is 62.8 Å². The Labute approximate surface area is 88.6 Å². The third kappa shape index (κ3) is 1.77. The highest BCUT2D eigenvalue weighted by atomic mass is 16.5. The normalized spacial score (nSPS) is 31.0. The minimum absolute atomic E-state index is 0.287. The van der Waals surface area contributed by atoms with E-state index in [0.29, 0.717) is 12.0 Å². The molecule has 5 nitrogen and oxygen atoms in total. The first-order valence-electron chi connectivity index (χ1n) is 5.55. The van der Waals surface area contributed by atoms with Crippen LogP contribution < -0.4 is 5.32 Å². The van der Waals surface area contributed by atoms with Crippen LogP contribution in [0.25, 0.3) is 0 Å². The minimum Gasteiger partial charge on any atom is -0.380 e. The van der Waals surface area contributed by atoms with E-state index in [2.05, 4.69) is 20.5 Å². The lowest BCUT2D eigenvalue weighted by molar-refractivity contribution is 0.117. The molecule has 1 saturated heterocycles. The number of hydrogen-bond donors (Lipinski definition) is 2. The molecule has 1 aromatic heterocycles. The maximum atomic E-state index is 5.30. The first kappa shape index (κ1) is 9.30. The summed E-state index contributed by atoms with van der Waals surface area (Å²) in [5.41, 5.74) is 0. The van der Waals surface area contributed by atoms with Crippen molar-refractivity contribution in [2.24, 2.45) is 0 Å². The molecule has 1 aliphatic carbocycles. The van der Waals surface area contributed by atoms with Gasteiger partial charge in [0.25, 0.3) is 0 Å². The van der Waals surface area contributed by atoms with Crippen LogP contribution in [0.3, 0.4) is 0 Å². The van der Waals surface area contributed by atoms with E-state index in [1.54, 1.807) is 7.11 Å². The summed E-state index contributed by atoms with van der Waals surface area (Å²) < 4.78 is 5.30. The number of aromatic nitrogens is 3. The number of nitrogens with zero attached hydrogens (tertiary/aromatic N) is 2. The number of hydrogen-bond acceptors (Lipinski definition) is 4. The number of rotatable bonds is 3. The van der Waals surface area contributed by atoms with Gasteiger partial charge in [-0.05, 0) is 19.3 Å². The maximum Gasteiger partial charge on any atom is 0.153 e. The van der Waals surface area contributed by atoms with E-state index in [9.17, 15) is 0 Å². The summed E-state index contributed by atoms with van der Waals surface area (Å²) in [7, 11) is 1.75. The fourth-order valence-electron chi connectivity index (χ4n) is 2.06. The number of nitrogens with one attached hydrogen (secondary N) is 2. The Hall–Kier alpha value is -0.940. The van der Waals surface area contributed by atoms with Crippen molar-refractivity contribution >= 4 is 0 Å². The molecule has 1 aliphatic heterocycles. The zero-order valence-electron chi connectivity index (χ0n) is 8.86. The van der Waals surface area contributed by atoms with Gasteiger partial charge in [0, 0.05) is 19.6 Å². The predicted molar refractivity (Wildman–Crippen MR) is 54.5 cm³/mol. The van der Waals surface area contributed by atoms with Gasteiger partial charge in [-0.3, -0.25) is 5.10 Å². The van der Waals surface area contributed by atoms with Crippen LogP contribution in [-0.2, 0) is 4.74 Å². The second kappa shape index (κ2) is 3.57. The number of ether oxygens (including phenoxy) is 1. The minimum atomic E-state index is 0.287. The Bertz CT molecular complexity index is 347. The lowest BCUT2D eigenvalue weighted by Gasteiger charge is -2.05. The second-order valence-electron chi connectivity index (χ2n) is 4.41. The van der Waals surface area contributed by atoms with Crippen LogP contribution >= 0.6 is 0 Å². The summed E-state index contributed by atoms with van der Waals surface area (Å²) in [6, 6.07) is 0.287. The molecule has 1 saturated carbocycles. The fraction of sp³-hybridized carbons (Fsp3) is 0.800. The van der Waals surface area contributed by atoms with Gasteiger partial charge in [-0.15, -0.1) is 0 Å². The summed E-state index contributed by atoms with van der Waals surface area (Å²) >= 11 is 0. The van der Waals surface area contributed by atoms with Crippen molar-refractivity contribution in [2.45, 2.75) is 37.3 Å². The molecule has 0 spiro atoms. The van der Waals surface area contributed by atoms with Crippen LogP contribution in [0, 0.1) is 0 Å². The Morgan fingerprint density at radius 2 is 2.27 bits per heavy atom. The Balaban J connectivity index is 1.70. The van der Waals surface area contributed by atoms with Crippen molar-refractivity contribution in [2.75, 3.05) is 13.7 Å². The zero-order chi connectivity index (χ0) is 10.3. The maximum absolute atomic E-state index is 5.30. The summed E-state index contributed by atoms with van der Waals surface area (Å²) in [5, 5.41) is 10.7. The summed E-state index contributed by atoms with van der Waals surface area (Å²) in [6.07, 6.45) is 3.78. The van der Waals surface area contributed by atoms with Crippen LogP contribution in [0.15, 0.2) is 0 Å². The molecule has 82 valence electrons. The molecule has 2 atom stereocenters. The average molecular weight is 208 g/mol. The summed E-state index contributed by atoms with van der Waals surface area (Å²) in [4.78, 5) is 4.54. The Morgan fingerprint density at radius 3 is 2.93 bits per heavy atom. The lowest BCUT2D eigenvalue weighted by Crippen LogP contribution is -2.16. The third-order valence-electron chi connectivity index (χ3n) is 3.22. The van der Waals surface area contributed by atoms with Crippen LogP contribution in [0.4, 0.5) is 0 Å². The molecule has 2 N–H and O–H groups in total. The van der Waals surface area contributed by atoms with Crippen LogP contribution in [0.1, 0.15) is 42.9 Å². The van der Waals surface area contributed by atoms with Crippen molar-refractivity contribution in [1.82, 2.24) is 20.5 Å².